The van der Waals surface area contributed by atoms with Gasteiger partial charge in [0, 0.05) is 10.8 Å². The second-order valence-corrected chi connectivity index (χ2v) is 18.6. The number of rotatable bonds is 4. The minimum Gasteiger partial charge on any atom is -0.453 e. The van der Waals surface area contributed by atoms with Crippen LogP contribution in [-0.4, -0.2) is 0 Å². The minimum absolute atomic E-state index is 0.246. The Morgan fingerprint density at radius 3 is 1.16 bits per heavy atom. The summed E-state index contributed by atoms with van der Waals surface area (Å²) in [6, 6.07) is 70.7. The van der Waals surface area contributed by atoms with Gasteiger partial charge in [-0.15, -0.1) is 0 Å². The van der Waals surface area contributed by atoms with Crippen LogP contribution in [0.5, 0.6) is 23.0 Å². The van der Waals surface area contributed by atoms with Crippen molar-refractivity contribution >= 4 is 34.1 Å². The topological polar surface area (TPSA) is 24.9 Å². The van der Waals surface area contributed by atoms with Gasteiger partial charge >= 0.3 is 0 Å². The average molecular weight is 825 g/mol. The number of ether oxygens (including phenoxy) is 2. The summed E-state index contributed by atoms with van der Waals surface area (Å²) in [6.45, 7) is 9.35. The quantitative estimate of drug-likeness (QED) is 0.176. The molecule has 0 aliphatic carbocycles. The first kappa shape index (κ1) is 36.8. The molecule has 0 spiro atoms. The van der Waals surface area contributed by atoms with Crippen LogP contribution in [0, 0.1) is 0 Å². The van der Waals surface area contributed by atoms with Crippen LogP contribution in [-0.2, 0) is 10.8 Å². The third-order valence-electron chi connectivity index (χ3n) is 14.2. The van der Waals surface area contributed by atoms with E-state index in [4.69, 9.17) is 9.47 Å². The van der Waals surface area contributed by atoms with Gasteiger partial charge in [0.1, 0.15) is 0 Å². The fraction of sp³-hybridized carbons (Fsp3) is 0.100. The van der Waals surface area contributed by atoms with E-state index in [1.807, 2.05) is 0 Å². The van der Waals surface area contributed by atoms with Crippen molar-refractivity contribution < 1.29 is 9.47 Å². The van der Waals surface area contributed by atoms with E-state index >= 15 is 0 Å². The molecule has 0 unspecified atom stereocenters. The van der Waals surface area contributed by atoms with E-state index in [9.17, 15) is 0 Å². The molecule has 306 valence electrons. The van der Waals surface area contributed by atoms with Crippen molar-refractivity contribution in [3.05, 3.63) is 216 Å². The molecule has 64 heavy (non-hydrogen) atoms. The Morgan fingerprint density at radius 2 is 0.656 bits per heavy atom. The minimum atomic E-state index is -0.246. The molecule has 0 amide bonds. The lowest BCUT2D eigenvalue weighted by Crippen LogP contribution is -2.32. The number of nitrogens with zero attached hydrogens (tertiary/aromatic N) is 2. The van der Waals surface area contributed by atoms with Crippen molar-refractivity contribution in [2.75, 3.05) is 9.80 Å². The summed E-state index contributed by atoms with van der Waals surface area (Å²) < 4.78 is 13.2. The molecule has 4 heterocycles. The number of para-hydroxylation sites is 6. The van der Waals surface area contributed by atoms with Crippen LogP contribution < -0.4 is 19.3 Å². The van der Waals surface area contributed by atoms with E-state index in [-0.39, 0.29) is 10.8 Å². The standard InChI is InChI=1S/C60H44N2O2/c1-59(2)45-29-27-40(35-51(45)61-49-21-8-10-23-53(49)63-55-25-13-19-47(59)57(55)61)43-32-42(39-18-12-17-38(31-39)37-15-6-5-7-16-37)33-44(34-43)41-28-30-46-52(36-41)62-50-22-9-11-24-54(50)64-56-26-14-20-48(58(56)62)60(46,3)4/h5-36H,1-4H3. The second kappa shape index (κ2) is 13.3. The van der Waals surface area contributed by atoms with Gasteiger partial charge < -0.3 is 19.3 Å². The van der Waals surface area contributed by atoms with Gasteiger partial charge in [-0.25, -0.2) is 0 Å². The van der Waals surface area contributed by atoms with Crippen molar-refractivity contribution in [3.8, 4) is 67.5 Å². The molecule has 4 aliphatic rings. The molecule has 4 aliphatic heterocycles. The molecule has 0 bridgehead atoms. The lowest BCUT2D eigenvalue weighted by molar-refractivity contribution is 0.471. The van der Waals surface area contributed by atoms with Gasteiger partial charge in [0.15, 0.2) is 23.0 Å². The monoisotopic (exact) mass is 824 g/mol. The zero-order valence-corrected chi connectivity index (χ0v) is 36.2. The largest absolute Gasteiger partial charge is 0.453 e. The first-order chi connectivity index (χ1) is 31.2. The van der Waals surface area contributed by atoms with Crippen LogP contribution >= 0.6 is 0 Å². The van der Waals surface area contributed by atoms with Crippen LogP contribution in [0.3, 0.4) is 0 Å². The van der Waals surface area contributed by atoms with E-state index in [1.165, 1.54) is 50.3 Å². The third kappa shape index (κ3) is 5.29. The van der Waals surface area contributed by atoms with Gasteiger partial charge in [0.2, 0.25) is 0 Å². The summed E-state index contributed by atoms with van der Waals surface area (Å²) in [4.78, 5) is 4.86. The summed E-state index contributed by atoms with van der Waals surface area (Å²) in [5.74, 6) is 3.49. The van der Waals surface area contributed by atoms with Crippen molar-refractivity contribution in [1.82, 2.24) is 0 Å². The molecular formula is C60H44N2O2. The molecule has 0 aromatic heterocycles. The lowest BCUT2D eigenvalue weighted by atomic mass is 9.72. The van der Waals surface area contributed by atoms with E-state index in [0.29, 0.717) is 0 Å². The van der Waals surface area contributed by atoms with Crippen LogP contribution in [0.25, 0.3) is 44.5 Å². The molecule has 9 aromatic carbocycles. The van der Waals surface area contributed by atoms with E-state index in [2.05, 4.69) is 232 Å². The highest BCUT2D eigenvalue weighted by molar-refractivity contribution is 5.97. The average Bonchev–Trinajstić information content (AvgIpc) is 3.33. The Labute approximate surface area is 374 Å². The fourth-order valence-corrected chi connectivity index (χ4v) is 10.9. The molecule has 4 heteroatoms. The van der Waals surface area contributed by atoms with E-state index < -0.39 is 0 Å². The fourth-order valence-electron chi connectivity index (χ4n) is 10.9. The number of hydrogen-bond donors (Lipinski definition) is 0. The summed E-state index contributed by atoms with van der Waals surface area (Å²) in [5.41, 5.74) is 20.6. The number of fused-ring (bicyclic) bond motifs is 8. The zero-order valence-electron chi connectivity index (χ0n) is 36.2. The highest BCUT2D eigenvalue weighted by Gasteiger charge is 2.43. The molecule has 0 N–H and O–H groups in total. The molecule has 0 atom stereocenters. The zero-order chi connectivity index (χ0) is 42.9. The van der Waals surface area contributed by atoms with Crippen molar-refractivity contribution in [1.29, 1.82) is 0 Å². The highest BCUT2D eigenvalue weighted by atomic mass is 16.5. The Balaban J connectivity index is 1.02. The van der Waals surface area contributed by atoms with E-state index in [0.717, 1.165) is 73.6 Å². The van der Waals surface area contributed by atoms with Crippen LogP contribution in [0.2, 0.25) is 0 Å². The van der Waals surface area contributed by atoms with Crippen LogP contribution in [0.1, 0.15) is 49.9 Å². The summed E-state index contributed by atoms with van der Waals surface area (Å²) in [6.07, 6.45) is 0. The number of hydrogen-bond acceptors (Lipinski definition) is 4. The molecule has 9 aromatic rings. The Kier molecular flexibility index (Phi) is 7.67. The SMILES string of the molecule is CC1(C)c2ccc(-c3cc(-c4cccc(-c5ccccc5)c4)cc(-c4ccc5c(c4)N4c6ccccc6Oc6cccc(c64)C5(C)C)c3)cc2N2c3ccccc3Oc3cccc1c32. The number of anilines is 6. The first-order valence-corrected chi connectivity index (χ1v) is 22.2. The predicted molar refractivity (Wildman–Crippen MR) is 262 cm³/mol. The van der Waals surface area contributed by atoms with Gasteiger partial charge in [-0.3, -0.25) is 0 Å². The molecule has 0 saturated carbocycles. The highest BCUT2D eigenvalue weighted by Crippen LogP contribution is 2.62. The van der Waals surface area contributed by atoms with Crippen molar-refractivity contribution in [3.63, 3.8) is 0 Å². The summed E-state index contributed by atoms with van der Waals surface area (Å²) in [5, 5.41) is 0. The molecule has 4 nitrogen and oxygen atoms in total. The Bertz CT molecular complexity index is 3240. The van der Waals surface area contributed by atoms with Crippen LogP contribution in [0.4, 0.5) is 34.1 Å². The van der Waals surface area contributed by atoms with E-state index in [1.54, 1.807) is 0 Å². The lowest BCUT2D eigenvalue weighted by Gasteiger charge is -2.45. The smallest absolute Gasteiger partial charge is 0.151 e. The van der Waals surface area contributed by atoms with Gasteiger partial charge in [-0.2, -0.15) is 0 Å². The molecule has 0 saturated heterocycles. The first-order valence-electron chi connectivity index (χ1n) is 22.2. The van der Waals surface area contributed by atoms with Crippen LogP contribution in [0.15, 0.2) is 194 Å². The maximum atomic E-state index is 6.58. The molecule has 0 radical (unpaired) electrons. The van der Waals surface area contributed by atoms with Crippen molar-refractivity contribution in [2.24, 2.45) is 0 Å². The normalized spacial score (nSPS) is 15.0. The van der Waals surface area contributed by atoms with Gasteiger partial charge in [-0.05, 0) is 140 Å². The molecular weight excluding hydrogens is 781 g/mol. The second-order valence-electron chi connectivity index (χ2n) is 18.6. The summed E-state index contributed by atoms with van der Waals surface area (Å²) in [7, 11) is 0. The maximum absolute atomic E-state index is 6.58. The predicted octanol–water partition coefficient (Wildman–Crippen LogP) is 16.8. The summed E-state index contributed by atoms with van der Waals surface area (Å²) >= 11 is 0. The molecule has 13 rings (SSSR count). The van der Waals surface area contributed by atoms with Gasteiger partial charge in [0.25, 0.3) is 0 Å². The van der Waals surface area contributed by atoms with Gasteiger partial charge in [-0.1, -0.05) is 149 Å². The number of benzene rings is 9. The van der Waals surface area contributed by atoms with Crippen molar-refractivity contribution in [2.45, 2.75) is 38.5 Å². The van der Waals surface area contributed by atoms with Gasteiger partial charge in [0.05, 0.1) is 34.1 Å². The Hall–Kier alpha value is -7.82. The Morgan fingerprint density at radius 1 is 0.281 bits per heavy atom. The molecule has 0 fully saturated rings. The maximum Gasteiger partial charge on any atom is 0.151 e. The third-order valence-corrected chi connectivity index (χ3v) is 14.2.